The number of aromatic nitrogens is 1. The fourth-order valence-electron chi connectivity index (χ4n) is 2.43. The summed E-state index contributed by atoms with van der Waals surface area (Å²) < 4.78 is 32.8. The summed E-state index contributed by atoms with van der Waals surface area (Å²) in [5.74, 6) is -2.23. The molecule has 3 nitrogen and oxygen atoms in total. The number of rotatable bonds is 5. The van der Waals surface area contributed by atoms with Crippen LogP contribution in [-0.2, 0) is 9.53 Å². The van der Waals surface area contributed by atoms with Gasteiger partial charge in [0.1, 0.15) is 11.6 Å². The molecule has 1 heterocycles. The van der Waals surface area contributed by atoms with Crippen molar-refractivity contribution in [2.75, 3.05) is 0 Å². The van der Waals surface area contributed by atoms with Crippen LogP contribution < -0.4 is 0 Å². The van der Waals surface area contributed by atoms with Crippen molar-refractivity contribution < 1.29 is 18.3 Å². The quantitative estimate of drug-likeness (QED) is 0.494. The Bertz CT molecular complexity index is 852. The smallest absolute Gasteiger partial charge is 0.331 e. The van der Waals surface area contributed by atoms with E-state index >= 15 is 0 Å². The highest BCUT2D eigenvalue weighted by Crippen LogP contribution is 2.24. The highest BCUT2D eigenvalue weighted by atomic mass is 19.1. The zero-order chi connectivity index (χ0) is 18.4. The van der Waals surface area contributed by atoms with E-state index in [1.165, 1.54) is 6.07 Å². The van der Waals surface area contributed by atoms with Crippen molar-refractivity contribution >= 4 is 12.0 Å². The van der Waals surface area contributed by atoms with Gasteiger partial charge in [0, 0.05) is 17.8 Å². The van der Waals surface area contributed by atoms with Crippen LogP contribution in [-0.4, -0.2) is 11.0 Å². The Balaban J connectivity index is 1.83. The molecule has 0 N–H and O–H groups in total. The molecule has 130 valence electrons. The Labute approximate surface area is 149 Å². The van der Waals surface area contributed by atoms with Gasteiger partial charge in [-0.25, -0.2) is 13.6 Å². The predicted octanol–water partition coefficient (Wildman–Crippen LogP) is 4.71. The number of hydrogen-bond acceptors (Lipinski definition) is 3. The van der Waals surface area contributed by atoms with Crippen molar-refractivity contribution in [1.29, 1.82) is 0 Å². The molecule has 0 saturated carbocycles. The van der Waals surface area contributed by atoms with Gasteiger partial charge in [-0.3, -0.25) is 4.98 Å². The van der Waals surface area contributed by atoms with Crippen molar-refractivity contribution in [3.05, 3.63) is 107 Å². The lowest BCUT2D eigenvalue weighted by atomic mass is 10.1. The van der Waals surface area contributed by atoms with E-state index in [1.54, 1.807) is 24.4 Å². The van der Waals surface area contributed by atoms with Crippen LogP contribution in [0.1, 0.15) is 22.9 Å². The SMILES string of the molecule is O=C(C=Cc1c(F)cccc1F)OC(c1ccccc1)c1ccccn1. The Morgan fingerprint density at radius 2 is 1.62 bits per heavy atom. The molecule has 0 radical (unpaired) electrons. The minimum Gasteiger partial charge on any atom is -0.448 e. The molecule has 1 aromatic heterocycles. The van der Waals surface area contributed by atoms with E-state index in [4.69, 9.17) is 4.74 Å². The van der Waals surface area contributed by atoms with Crippen molar-refractivity contribution in [1.82, 2.24) is 4.98 Å². The van der Waals surface area contributed by atoms with Crippen molar-refractivity contribution in [2.24, 2.45) is 0 Å². The lowest BCUT2D eigenvalue weighted by molar-refractivity contribution is -0.141. The lowest BCUT2D eigenvalue weighted by Crippen LogP contribution is -2.12. The van der Waals surface area contributed by atoms with Crippen LogP contribution in [0.15, 0.2) is 79.0 Å². The highest BCUT2D eigenvalue weighted by molar-refractivity contribution is 5.87. The second-order valence-corrected chi connectivity index (χ2v) is 5.45. The highest BCUT2D eigenvalue weighted by Gasteiger charge is 2.19. The van der Waals surface area contributed by atoms with Gasteiger partial charge >= 0.3 is 5.97 Å². The number of carbonyl (C=O) groups is 1. The third-order valence-corrected chi connectivity index (χ3v) is 3.68. The van der Waals surface area contributed by atoms with Crippen LogP contribution >= 0.6 is 0 Å². The summed E-state index contributed by atoms with van der Waals surface area (Å²) in [5, 5.41) is 0. The van der Waals surface area contributed by atoms with Crippen LogP contribution in [0.2, 0.25) is 0 Å². The molecule has 0 aliphatic rings. The number of carbonyl (C=O) groups excluding carboxylic acids is 1. The molecule has 3 aromatic rings. The third kappa shape index (κ3) is 4.19. The van der Waals surface area contributed by atoms with Gasteiger partial charge in [0.2, 0.25) is 0 Å². The number of benzene rings is 2. The van der Waals surface area contributed by atoms with Gasteiger partial charge in [0.25, 0.3) is 0 Å². The van der Waals surface area contributed by atoms with Crippen LogP contribution in [0.3, 0.4) is 0 Å². The molecule has 0 aliphatic heterocycles. The van der Waals surface area contributed by atoms with Gasteiger partial charge in [-0.05, 0) is 35.9 Å². The summed E-state index contributed by atoms with van der Waals surface area (Å²) in [5.41, 5.74) is 1.00. The van der Waals surface area contributed by atoms with Gasteiger partial charge in [0.05, 0.1) is 5.69 Å². The molecule has 5 heteroatoms. The standard InChI is InChI=1S/C21H15F2NO2/c22-17-9-6-10-18(23)16(17)12-13-20(25)26-21(15-7-2-1-3-8-15)19-11-4-5-14-24-19/h1-14,21H. The van der Waals surface area contributed by atoms with Crippen LogP contribution in [0, 0.1) is 11.6 Å². The van der Waals surface area contributed by atoms with E-state index in [-0.39, 0.29) is 5.56 Å². The zero-order valence-corrected chi connectivity index (χ0v) is 13.7. The molecule has 0 amide bonds. The molecule has 3 rings (SSSR count). The normalized spacial score (nSPS) is 12.1. The minimum absolute atomic E-state index is 0.293. The molecule has 0 saturated heterocycles. The molecule has 1 atom stereocenters. The Kier molecular flexibility index (Phi) is 5.49. The molecular weight excluding hydrogens is 336 g/mol. The summed E-state index contributed by atoms with van der Waals surface area (Å²) in [6.45, 7) is 0. The Morgan fingerprint density at radius 3 is 2.27 bits per heavy atom. The fraction of sp³-hybridized carbons (Fsp3) is 0.0476. The molecule has 1 unspecified atom stereocenters. The molecule has 26 heavy (non-hydrogen) atoms. The van der Waals surface area contributed by atoms with Gasteiger partial charge < -0.3 is 4.74 Å². The van der Waals surface area contributed by atoms with Gasteiger partial charge in [-0.15, -0.1) is 0 Å². The van der Waals surface area contributed by atoms with Gasteiger partial charge in [-0.2, -0.15) is 0 Å². The molecule has 2 aromatic carbocycles. The predicted molar refractivity (Wildman–Crippen MR) is 94.0 cm³/mol. The van der Waals surface area contributed by atoms with Crippen molar-refractivity contribution in [3.8, 4) is 0 Å². The van der Waals surface area contributed by atoms with Crippen molar-refractivity contribution in [3.63, 3.8) is 0 Å². The van der Waals surface area contributed by atoms with E-state index < -0.39 is 23.7 Å². The molecular formula is C21H15F2NO2. The van der Waals surface area contributed by atoms with E-state index in [2.05, 4.69) is 4.98 Å². The summed E-state index contributed by atoms with van der Waals surface area (Å²) in [6, 6.07) is 17.9. The van der Waals surface area contributed by atoms with Crippen LogP contribution in [0.4, 0.5) is 8.78 Å². The molecule has 0 bridgehead atoms. The molecule has 0 aliphatic carbocycles. The maximum absolute atomic E-state index is 13.6. The molecule has 0 spiro atoms. The largest absolute Gasteiger partial charge is 0.448 e. The van der Waals surface area contributed by atoms with Crippen molar-refractivity contribution in [2.45, 2.75) is 6.10 Å². The first kappa shape index (κ1) is 17.5. The van der Waals surface area contributed by atoms with Crippen LogP contribution in [0.5, 0.6) is 0 Å². The van der Waals surface area contributed by atoms with Gasteiger partial charge in [0.15, 0.2) is 6.10 Å². The van der Waals surface area contributed by atoms with E-state index in [0.717, 1.165) is 29.8 Å². The zero-order valence-electron chi connectivity index (χ0n) is 13.7. The number of nitrogens with zero attached hydrogens (tertiary/aromatic N) is 1. The Hall–Kier alpha value is -3.34. The fourth-order valence-corrected chi connectivity index (χ4v) is 2.43. The van der Waals surface area contributed by atoms with E-state index in [0.29, 0.717) is 5.69 Å². The van der Waals surface area contributed by atoms with E-state index in [1.807, 2.05) is 30.3 Å². The number of ether oxygens (including phenoxy) is 1. The number of esters is 1. The van der Waals surface area contributed by atoms with Gasteiger partial charge in [-0.1, -0.05) is 42.5 Å². The first-order valence-electron chi connectivity index (χ1n) is 7.94. The lowest BCUT2D eigenvalue weighted by Gasteiger charge is -2.17. The number of pyridine rings is 1. The summed E-state index contributed by atoms with van der Waals surface area (Å²) in [6.07, 6.45) is 2.94. The summed E-state index contributed by atoms with van der Waals surface area (Å²) >= 11 is 0. The Morgan fingerprint density at radius 1 is 0.923 bits per heavy atom. The number of hydrogen-bond donors (Lipinski definition) is 0. The molecule has 0 fully saturated rings. The summed E-state index contributed by atoms with van der Waals surface area (Å²) in [4.78, 5) is 16.4. The first-order valence-corrected chi connectivity index (χ1v) is 7.94. The average Bonchev–Trinajstić information content (AvgIpc) is 2.67. The van der Waals surface area contributed by atoms with E-state index in [9.17, 15) is 13.6 Å². The third-order valence-electron chi connectivity index (χ3n) is 3.68. The second-order valence-electron chi connectivity index (χ2n) is 5.45. The first-order chi connectivity index (χ1) is 12.6. The van der Waals surface area contributed by atoms with Crippen LogP contribution in [0.25, 0.3) is 6.08 Å². The second kappa shape index (κ2) is 8.16. The maximum Gasteiger partial charge on any atom is 0.331 e. The topological polar surface area (TPSA) is 39.2 Å². The number of halogens is 2. The monoisotopic (exact) mass is 351 g/mol. The maximum atomic E-state index is 13.6. The minimum atomic E-state index is -0.751. The summed E-state index contributed by atoms with van der Waals surface area (Å²) in [7, 11) is 0. The average molecular weight is 351 g/mol.